The van der Waals surface area contributed by atoms with E-state index in [0.29, 0.717) is 16.3 Å². The Morgan fingerprint density at radius 1 is 1.35 bits per heavy atom. The summed E-state index contributed by atoms with van der Waals surface area (Å²) in [6.45, 7) is 0. The van der Waals surface area contributed by atoms with Crippen molar-refractivity contribution in [2.75, 3.05) is 19.4 Å². The Morgan fingerprint density at radius 2 is 2.10 bits per heavy atom. The first-order chi connectivity index (χ1) is 9.49. The minimum atomic E-state index is -0.427. The van der Waals surface area contributed by atoms with E-state index in [1.54, 1.807) is 26.2 Å². The van der Waals surface area contributed by atoms with Gasteiger partial charge in [0.25, 0.3) is 11.8 Å². The molecule has 7 nitrogen and oxygen atoms in total. The molecule has 0 saturated carbocycles. The average molecular weight is 294 g/mol. The number of carbonyl (C=O) groups excluding carboxylic acids is 2. The molecule has 2 rings (SSSR count). The molecule has 1 heterocycles. The van der Waals surface area contributed by atoms with Gasteiger partial charge in [0.05, 0.1) is 16.8 Å². The average Bonchev–Trinajstić information content (AvgIpc) is 2.94. The van der Waals surface area contributed by atoms with Crippen LogP contribution >= 0.6 is 11.6 Å². The highest BCUT2D eigenvalue weighted by Gasteiger charge is 2.15. The van der Waals surface area contributed by atoms with Gasteiger partial charge in [-0.1, -0.05) is 11.6 Å². The second-order valence-corrected chi connectivity index (χ2v) is 4.61. The number of nitrogens with zero attached hydrogens (tertiary/aromatic N) is 3. The number of hydrogen-bond donors (Lipinski definition) is 2. The van der Waals surface area contributed by atoms with Crippen LogP contribution in [0.15, 0.2) is 24.4 Å². The lowest BCUT2D eigenvalue weighted by molar-refractivity contribution is 0.0827. The fourth-order valence-electron chi connectivity index (χ4n) is 1.51. The summed E-state index contributed by atoms with van der Waals surface area (Å²) in [6, 6.07) is 4.67. The molecule has 0 aliphatic heterocycles. The molecule has 20 heavy (non-hydrogen) atoms. The van der Waals surface area contributed by atoms with E-state index in [-0.39, 0.29) is 11.6 Å². The zero-order chi connectivity index (χ0) is 14.7. The molecule has 0 atom stereocenters. The summed E-state index contributed by atoms with van der Waals surface area (Å²) in [7, 11) is 3.25. The van der Waals surface area contributed by atoms with E-state index in [9.17, 15) is 9.59 Å². The Bertz CT molecular complexity index is 639. The maximum Gasteiger partial charge on any atom is 0.277 e. The van der Waals surface area contributed by atoms with Gasteiger partial charge in [-0.25, -0.2) is 0 Å². The summed E-state index contributed by atoms with van der Waals surface area (Å²) < 4.78 is 0. The van der Waals surface area contributed by atoms with Crippen LogP contribution in [0.1, 0.15) is 20.8 Å². The second kappa shape index (κ2) is 5.70. The molecule has 1 aromatic carbocycles. The molecule has 2 aromatic rings. The Hall–Kier alpha value is -2.41. The van der Waals surface area contributed by atoms with E-state index in [0.717, 1.165) is 0 Å². The molecule has 0 radical (unpaired) electrons. The first-order valence-corrected chi connectivity index (χ1v) is 6.05. The van der Waals surface area contributed by atoms with Gasteiger partial charge in [-0.2, -0.15) is 15.4 Å². The molecular formula is C12H12ClN5O2. The summed E-state index contributed by atoms with van der Waals surface area (Å²) in [5.41, 5.74) is 0.919. The number of amides is 2. The van der Waals surface area contributed by atoms with Crippen molar-refractivity contribution >= 4 is 29.1 Å². The number of nitrogens with one attached hydrogen (secondary N) is 2. The number of H-pyrrole nitrogens is 1. The highest BCUT2D eigenvalue weighted by Crippen LogP contribution is 2.22. The highest BCUT2D eigenvalue weighted by molar-refractivity contribution is 6.34. The number of benzene rings is 1. The zero-order valence-electron chi connectivity index (χ0n) is 10.8. The fraction of sp³-hybridized carbons (Fsp3) is 0.167. The van der Waals surface area contributed by atoms with Crippen molar-refractivity contribution in [3.63, 3.8) is 0 Å². The van der Waals surface area contributed by atoms with Crippen LogP contribution < -0.4 is 5.32 Å². The normalized spacial score (nSPS) is 10.2. The smallest absolute Gasteiger partial charge is 0.277 e. The number of halogens is 1. The third kappa shape index (κ3) is 2.94. The number of aromatic nitrogens is 3. The molecular weight excluding hydrogens is 282 g/mol. The van der Waals surface area contributed by atoms with Crippen LogP contribution in [0.3, 0.4) is 0 Å². The summed E-state index contributed by atoms with van der Waals surface area (Å²) in [5.74, 6) is -0.670. The van der Waals surface area contributed by atoms with Gasteiger partial charge in [0.2, 0.25) is 0 Å². The van der Waals surface area contributed by atoms with Gasteiger partial charge in [-0.05, 0) is 18.2 Å². The summed E-state index contributed by atoms with van der Waals surface area (Å²) in [4.78, 5) is 25.2. The molecule has 0 fully saturated rings. The zero-order valence-corrected chi connectivity index (χ0v) is 11.6. The number of rotatable bonds is 3. The Morgan fingerprint density at radius 3 is 2.70 bits per heavy atom. The van der Waals surface area contributed by atoms with Crippen molar-refractivity contribution in [1.29, 1.82) is 0 Å². The molecule has 2 N–H and O–H groups in total. The van der Waals surface area contributed by atoms with E-state index < -0.39 is 5.91 Å². The molecule has 2 amide bonds. The van der Waals surface area contributed by atoms with E-state index in [1.807, 2.05) is 0 Å². The first kappa shape index (κ1) is 14.0. The number of carbonyl (C=O) groups is 2. The van der Waals surface area contributed by atoms with Crippen LogP contribution in [0, 0.1) is 0 Å². The molecule has 1 aromatic heterocycles. The van der Waals surface area contributed by atoms with Crippen molar-refractivity contribution in [2.24, 2.45) is 0 Å². The minimum Gasteiger partial charge on any atom is -0.345 e. The Kier molecular flexibility index (Phi) is 3.99. The molecule has 0 bridgehead atoms. The fourth-order valence-corrected chi connectivity index (χ4v) is 1.71. The molecule has 0 aliphatic carbocycles. The van der Waals surface area contributed by atoms with E-state index in [4.69, 9.17) is 11.6 Å². The van der Waals surface area contributed by atoms with Gasteiger partial charge in [0.1, 0.15) is 0 Å². The van der Waals surface area contributed by atoms with Crippen molar-refractivity contribution < 1.29 is 9.59 Å². The van der Waals surface area contributed by atoms with Crippen LogP contribution in [0.5, 0.6) is 0 Å². The summed E-state index contributed by atoms with van der Waals surface area (Å²) in [6.07, 6.45) is 1.30. The third-order valence-electron chi connectivity index (χ3n) is 2.51. The lowest BCUT2D eigenvalue weighted by atomic mass is 10.1. The minimum absolute atomic E-state index is 0.153. The van der Waals surface area contributed by atoms with Gasteiger partial charge in [0, 0.05) is 19.8 Å². The Labute approximate surface area is 119 Å². The summed E-state index contributed by atoms with van der Waals surface area (Å²) in [5, 5.41) is 12.5. The van der Waals surface area contributed by atoms with Gasteiger partial charge < -0.3 is 10.2 Å². The largest absolute Gasteiger partial charge is 0.345 e. The van der Waals surface area contributed by atoms with Gasteiger partial charge in [0.15, 0.2) is 5.69 Å². The van der Waals surface area contributed by atoms with Gasteiger partial charge in [-0.15, -0.1) is 0 Å². The summed E-state index contributed by atoms with van der Waals surface area (Å²) >= 11 is 5.98. The number of anilines is 1. The Balaban J connectivity index is 2.24. The van der Waals surface area contributed by atoms with Crippen LogP contribution in [0.4, 0.5) is 5.69 Å². The lowest BCUT2D eigenvalue weighted by Gasteiger charge is -2.13. The lowest BCUT2D eigenvalue weighted by Crippen LogP contribution is -2.22. The van der Waals surface area contributed by atoms with E-state index >= 15 is 0 Å². The highest BCUT2D eigenvalue weighted by atomic mass is 35.5. The van der Waals surface area contributed by atoms with Crippen molar-refractivity contribution in [3.05, 3.63) is 40.7 Å². The first-order valence-electron chi connectivity index (χ1n) is 5.67. The van der Waals surface area contributed by atoms with Crippen LogP contribution in [0.2, 0.25) is 5.02 Å². The van der Waals surface area contributed by atoms with Crippen LogP contribution in [-0.4, -0.2) is 46.2 Å². The van der Waals surface area contributed by atoms with E-state index in [1.165, 1.54) is 17.2 Å². The maximum atomic E-state index is 11.9. The van der Waals surface area contributed by atoms with E-state index in [2.05, 4.69) is 20.7 Å². The molecule has 0 unspecified atom stereocenters. The molecule has 8 heteroatoms. The number of aromatic amines is 1. The molecule has 0 spiro atoms. The third-order valence-corrected chi connectivity index (χ3v) is 2.84. The predicted molar refractivity (Wildman–Crippen MR) is 73.8 cm³/mol. The molecule has 0 saturated heterocycles. The standard InChI is InChI=1S/C12H12ClN5O2/c1-18(2)12(20)8-5-7(3-4-9(8)13)15-11(19)10-6-14-17-16-10/h3-6H,1-2H3,(H,15,19)(H,14,16,17). The number of hydrogen-bond acceptors (Lipinski definition) is 4. The van der Waals surface area contributed by atoms with Crippen LogP contribution in [0.25, 0.3) is 0 Å². The SMILES string of the molecule is CN(C)C(=O)c1cc(NC(=O)c2cn[nH]n2)ccc1Cl. The molecule has 104 valence electrons. The van der Waals surface area contributed by atoms with Gasteiger partial charge in [-0.3, -0.25) is 9.59 Å². The van der Waals surface area contributed by atoms with Crippen molar-refractivity contribution in [2.45, 2.75) is 0 Å². The van der Waals surface area contributed by atoms with Crippen molar-refractivity contribution in [3.8, 4) is 0 Å². The van der Waals surface area contributed by atoms with Crippen molar-refractivity contribution in [1.82, 2.24) is 20.3 Å². The topological polar surface area (TPSA) is 91.0 Å². The van der Waals surface area contributed by atoms with Crippen LogP contribution in [-0.2, 0) is 0 Å². The predicted octanol–water partition coefficient (Wildman–Crippen LogP) is 1.41. The maximum absolute atomic E-state index is 11.9. The van der Waals surface area contributed by atoms with Gasteiger partial charge >= 0.3 is 0 Å². The quantitative estimate of drug-likeness (QED) is 0.895. The monoisotopic (exact) mass is 293 g/mol. The second-order valence-electron chi connectivity index (χ2n) is 4.20. The molecule has 0 aliphatic rings.